The van der Waals surface area contributed by atoms with Gasteiger partial charge in [0.25, 0.3) is 5.91 Å². The monoisotopic (exact) mass is 449 g/mol. The minimum atomic E-state index is -1.18. The predicted octanol–water partition coefficient (Wildman–Crippen LogP) is 3.27. The molecule has 2 heterocycles. The number of phenolic OH excluding ortho intramolecular Hbond substituents is 1. The Morgan fingerprint density at radius 2 is 1.85 bits per heavy atom. The number of rotatable bonds is 4. The number of carbonyl (C=O) groups is 2. The summed E-state index contributed by atoms with van der Waals surface area (Å²) in [6.07, 6.45) is 1.32. The highest BCUT2D eigenvalue weighted by Crippen LogP contribution is 2.47. The topological polar surface area (TPSA) is 114 Å². The summed E-state index contributed by atoms with van der Waals surface area (Å²) < 4.78 is 6.05. The Balaban J connectivity index is 1.82. The van der Waals surface area contributed by atoms with Crippen LogP contribution in [-0.4, -0.2) is 39.3 Å². The predicted molar refractivity (Wildman–Crippen MR) is 127 cm³/mol. The second kappa shape index (κ2) is 7.33. The molecule has 0 aromatic heterocycles. The van der Waals surface area contributed by atoms with E-state index in [9.17, 15) is 14.7 Å². The molecular formula is C26H31N3O4. The van der Waals surface area contributed by atoms with E-state index in [0.29, 0.717) is 24.2 Å². The Morgan fingerprint density at radius 3 is 2.52 bits per heavy atom. The summed E-state index contributed by atoms with van der Waals surface area (Å²) in [5.41, 5.74) is 8.27. The molecule has 4 rings (SSSR count). The summed E-state index contributed by atoms with van der Waals surface area (Å²) in [5.74, 6) is -0.356. The summed E-state index contributed by atoms with van der Waals surface area (Å²) >= 11 is 0. The number of aliphatic imine (C=N–C) groups is 1. The number of fused-ring (bicyclic) bond motifs is 3. The number of nitrogens with two attached hydrogens (primary N) is 1. The Bertz CT molecular complexity index is 1210. The van der Waals surface area contributed by atoms with Gasteiger partial charge in [0.05, 0.1) is 11.3 Å². The third-order valence-electron chi connectivity index (χ3n) is 6.14. The molecule has 0 spiro atoms. The van der Waals surface area contributed by atoms with Gasteiger partial charge in [-0.15, -0.1) is 0 Å². The van der Waals surface area contributed by atoms with E-state index in [1.807, 2.05) is 33.8 Å². The Labute approximate surface area is 194 Å². The molecule has 0 unspecified atom stereocenters. The minimum Gasteiger partial charge on any atom is -0.504 e. The van der Waals surface area contributed by atoms with E-state index in [2.05, 4.69) is 5.32 Å². The van der Waals surface area contributed by atoms with E-state index >= 15 is 0 Å². The fourth-order valence-corrected chi connectivity index (χ4v) is 4.52. The summed E-state index contributed by atoms with van der Waals surface area (Å²) in [6, 6.07) is 8.96. The van der Waals surface area contributed by atoms with Crippen LogP contribution in [0.4, 0.5) is 0 Å². The van der Waals surface area contributed by atoms with E-state index in [4.69, 9.17) is 15.5 Å². The van der Waals surface area contributed by atoms with Gasteiger partial charge in [-0.1, -0.05) is 12.1 Å². The fourth-order valence-electron chi connectivity index (χ4n) is 4.52. The molecule has 7 nitrogen and oxygen atoms in total. The highest BCUT2D eigenvalue weighted by Gasteiger charge is 2.39. The van der Waals surface area contributed by atoms with E-state index in [0.717, 1.165) is 28.0 Å². The Morgan fingerprint density at radius 1 is 1.15 bits per heavy atom. The molecule has 2 aromatic rings. The number of phenols is 1. The number of amides is 2. The fraction of sp³-hybridized carbons (Fsp3) is 0.423. The first-order valence-corrected chi connectivity index (χ1v) is 11.1. The molecule has 0 aliphatic carbocycles. The maximum absolute atomic E-state index is 12.9. The van der Waals surface area contributed by atoms with Gasteiger partial charge in [0, 0.05) is 28.7 Å². The molecule has 0 atom stereocenters. The molecule has 2 aliphatic rings. The number of hydrogen-bond donors (Lipinski definition) is 3. The molecule has 0 saturated carbocycles. The van der Waals surface area contributed by atoms with Gasteiger partial charge in [-0.25, -0.2) is 0 Å². The van der Waals surface area contributed by atoms with Crippen LogP contribution in [0.2, 0.25) is 0 Å². The zero-order valence-electron chi connectivity index (χ0n) is 20.0. The van der Waals surface area contributed by atoms with Crippen LogP contribution in [-0.2, 0) is 17.6 Å². The smallest absolute Gasteiger partial charge is 0.252 e. The van der Waals surface area contributed by atoms with Gasteiger partial charge in [-0.3, -0.25) is 14.6 Å². The number of carbonyl (C=O) groups excluding carboxylic acids is 2. The number of primary amides is 1. The van der Waals surface area contributed by atoms with Gasteiger partial charge in [0.2, 0.25) is 5.91 Å². The molecule has 4 N–H and O–H groups in total. The summed E-state index contributed by atoms with van der Waals surface area (Å²) in [4.78, 5) is 29.6. The maximum atomic E-state index is 12.9. The average Bonchev–Trinajstić information content (AvgIpc) is 3.02. The zero-order chi connectivity index (χ0) is 24.3. The molecule has 2 amide bonds. The van der Waals surface area contributed by atoms with Gasteiger partial charge in [0.1, 0.15) is 11.1 Å². The van der Waals surface area contributed by atoms with Crippen LogP contribution in [0, 0.1) is 0 Å². The van der Waals surface area contributed by atoms with Crippen LogP contribution in [0.5, 0.6) is 11.5 Å². The standard InChI is InChI=1S/C26H31N3O4/c1-24(2)12-16-11-18(30)21-17(13-25(3,4)33-21)19(16)20(28-24)14-8-7-9-15(10-14)22(31)29-26(5,6)23(27)32/h7-11,30H,12-13H2,1-6H3,(H2,27,32)(H,29,31). The van der Waals surface area contributed by atoms with E-state index in [1.54, 1.807) is 38.1 Å². The van der Waals surface area contributed by atoms with Gasteiger partial charge in [0.15, 0.2) is 11.5 Å². The number of benzene rings is 2. The van der Waals surface area contributed by atoms with Crippen molar-refractivity contribution in [3.63, 3.8) is 0 Å². The third kappa shape index (κ3) is 4.19. The quantitative estimate of drug-likeness (QED) is 0.665. The van der Waals surface area contributed by atoms with Crippen LogP contribution in [0.25, 0.3) is 0 Å². The molecule has 0 radical (unpaired) electrons. The first kappa shape index (κ1) is 22.8. The lowest BCUT2D eigenvalue weighted by atomic mass is 9.80. The highest BCUT2D eigenvalue weighted by molar-refractivity contribution is 6.17. The first-order chi connectivity index (χ1) is 15.2. The number of aromatic hydroxyl groups is 1. The lowest BCUT2D eigenvalue weighted by Gasteiger charge is -2.31. The molecule has 174 valence electrons. The molecule has 2 aliphatic heterocycles. The molecule has 2 aromatic carbocycles. The maximum Gasteiger partial charge on any atom is 0.252 e. The van der Waals surface area contributed by atoms with Crippen LogP contribution in [0.1, 0.15) is 74.2 Å². The van der Waals surface area contributed by atoms with Crippen molar-refractivity contribution >= 4 is 17.5 Å². The molecule has 0 bridgehead atoms. The lowest BCUT2D eigenvalue weighted by molar-refractivity contribution is -0.122. The van der Waals surface area contributed by atoms with Crippen molar-refractivity contribution in [2.45, 2.75) is 71.1 Å². The first-order valence-electron chi connectivity index (χ1n) is 11.1. The second-order valence-electron chi connectivity index (χ2n) is 10.7. The van der Waals surface area contributed by atoms with Gasteiger partial charge in [-0.05, 0) is 71.7 Å². The lowest BCUT2D eigenvalue weighted by Crippen LogP contribution is -2.53. The SMILES string of the molecule is CC1(C)Cc2cc(O)c3c(c2C(c2cccc(C(=O)NC(C)(C)C(N)=O)c2)=N1)CC(C)(C)O3. The molecule has 33 heavy (non-hydrogen) atoms. The number of nitrogens with one attached hydrogen (secondary N) is 1. The number of hydrogen-bond acceptors (Lipinski definition) is 5. The summed E-state index contributed by atoms with van der Waals surface area (Å²) in [6.45, 7) is 11.2. The molecule has 0 fully saturated rings. The molecule has 7 heteroatoms. The van der Waals surface area contributed by atoms with Crippen molar-refractivity contribution in [3.05, 3.63) is 58.1 Å². The van der Waals surface area contributed by atoms with Crippen molar-refractivity contribution in [2.75, 3.05) is 0 Å². The highest BCUT2D eigenvalue weighted by atomic mass is 16.5. The van der Waals surface area contributed by atoms with Crippen LogP contribution in [0.15, 0.2) is 35.3 Å². The normalized spacial score (nSPS) is 17.9. The van der Waals surface area contributed by atoms with Gasteiger partial charge < -0.3 is 20.9 Å². The molecular weight excluding hydrogens is 418 g/mol. The van der Waals surface area contributed by atoms with Crippen LogP contribution in [0.3, 0.4) is 0 Å². The largest absolute Gasteiger partial charge is 0.504 e. The minimum absolute atomic E-state index is 0.146. The van der Waals surface area contributed by atoms with Crippen LogP contribution >= 0.6 is 0 Å². The van der Waals surface area contributed by atoms with Crippen molar-refractivity contribution in [1.29, 1.82) is 0 Å². The molecule has 0 saturated heterocycles. The van der Waals surface area contributed by atoms with Crippen molar-refractivity contribution in [3.8, 4) is 11.5 Å². The summed E-state index contributed by atoms with van der Waals surface area (Å²) in [5, 5.41) is 13.4. The zero-order valence-corrected chi connectivity index (χ0v) is 20.0. The Kier molecular flexibility index (Phi) is 5.07. The number of nitrogens with zero attached hydrogens (tertiary/aromatic N) is 1. The van der Waals surface area contributed by atoms with E-state index in [1.165, 1.54) is 0 Å². The van der Waals surface area contributed by atoms with E-state index in [-0.39, 0.29) is 11.3 Å². The van der Waals surface area contributed by atoms with Crippen molar-refractivity contribution in [2.24, 2.45) is 10.7 Å². The summed E-state index contributed by atoms with van der Waals surface area (Å²) in [7, 11) is 0. The van der Waals surface area contributed by atoms with E-state index < -0.39 is 23.0 Å². The van der Waals surface area contributed by atoms with Gasteiger partial charge in [-0.2, -0.15) is 0 Å². The average molecular weight is 450 g/mol. The van der Waals surface area contributed by atoms with Crippen molar-refractivity contribution < 1.29 is 19.4 Å². The van der Waals surface area contributed by atoms with Crippen LogP contribution < -0.4 is 15.8 Å². The number of ether oxygens (including phenoxy) is 1. The third-order valence-corrected chi connectivity index (χ3v) is 6.14. The van der Waals surface area contributed by atoms with Gasteiger partial charge >= 0.3 is 0 Å². The second-order valence-corrected chi connectivity index (χ2v) is 10.7. The Hall–Kier alpha value is -3.35. The van der Waals surface area contributed by atoms with Crippen molar-refractivity contribution in [1.82, 2.24) is 5.32 Å².